The largest absolute Gasteiger partial charge is 0.492 e. The summed E-state index contributed by atoms with van der Waals surface area (Å²) in [6.07, 6.45) is 1.53. The Kier molecular flexibility index (Phi) is 4.02. The summed E-state index contributed by atoms with van der Waals surface area (Å²) >= 11 is 5.87. The third-order valence-electron chi connectivity index (χ3n) is 2.84. The summed E-state index contributed by atoms with van der Waals surface area (Å²) < 4.78 is 19.3. The Hall–Kier alpha value is -1.65. The maximum Gasteiger partial charge on any atom is 0.174 e. The van der Waals surface area contributed by atoms with Crippen LogP contribution >= 0.6 is 11.6 Å². The number of aliphatic hydroxyl groups is 1. The Morgan fingerprint density at radius 3 is 2.74 bits per heavy atom. The lowest BCUT2D eigenvalue weighted by Gasteiger charge is -2.12. The van der Waals surface area contributed by atoms with E-state index in [2.05, 4.69) is 4.98 Å². The molecule has 100 valence electrons. The zero-order chi connectivity index (χ0) is 14.0. The number of hydrogen-bond donors (Lipinski definition) is 1. The van der Waals surface area contributed by atoms with Gasteiger partial charge in [0.15, 0.2) is 11.6 Å². The molecule has 0 aliphatic carbocycles. The van der Waals surface area contributed by atoms with Gasteiger partial charge < -0.3 is 9.84 Å². The van der Waals surface area contributed by atoms with E-state index in [-0.39, 0.29) is 17.4 Å². The third kappa shape index (κ3) is 2.55. The number of nitrogens with zero attached hydrogens (tertiary/aromatic N) is 1. The summed E-state index contributed by atoms with van der Waals surface area (Å²) in [6, 6.07) is 4.85. The molecular formula is C14H13ClFNO2. The predicted octanol–water partition coefficient (Wildman–Crippen LogP) is 3.35. The summed E-state index contributed by atoms with van der Waals surface area (Å²) in [6.45, 7) is 1.59. The molecule has 0 unspecified atom stereocenters. The molecule has 1 aromatic carbocycles. The van der Waals surface area contributed by atoms with Crippen LogP contribution in [0, 0.1) is 12.7 Å². The molecule has 0 atom stereocenters. The fourth-order valence-electron chi connectivity index (χ4n) is 1.89. The maximum absolute atomic E-state index is 14.4. The fourth-order valence-corrected chi connectivity index (χ4v) is 2.12. The normalized spacial score (nSPS) is 10.6. The molecule has 0 radical (unpaired) electrons. The molecule has 0 fully saturated rings. The van der Waals surface area contributed by atoms with E-state index in [4.69, 9.17) is 16.3 Å². The van der Waals surface area contributed by atoms with E-state index in [0.29, 0.717) is 16.7 Å². The van der Waals surface area contributed by atoms with Crippen molar-refractivity contribution in [3.8, 4) is 16.9 Å². The van der Waals surface area contributed by atoms with Crippen molar-refractivity contribution in [2.24, 2.45) is 0 Å². The van der Waals surface area contributed by atoms with Gasteiger partial charge in [-0.05, 0) is 30.7 Å². The van der Waals surface area contributed by atoms with Crippen molar-refractivity contribution >= 4 is 11.6 Å². The zero-order valence-electron chi connectivity index (χ0n) is 10.6. The van der Waals surface area contributed by atoms with Gasteiger partial charge in [0.2, 0.25) is 0 Å². The van der Waals surface area contributed by atoms with E-state index in [9.17, 15) is 9.50 Å². The average Bonchev–Trinajstić information content (AvgIpc) is 2.39. The van der Waals surface area contributed by atoms with Crippen LogP contribution in [0.5, 0.6) is 5.75 Å². The molecule has 0 saturated heterocycles. The molecule has 3 nitrogen and oxygen atoms in total. The van der Waals surface area contributed by atoms with Crippen molar-refractivity contribution < 1.29 is 14.2 Å². The lowest BCUT2D eigenvalue weighted by Crippen LogP contribution is -1.97. The van der Waals surface area contributed by atoms with Crippen LogP contribution in [0.1, 0.15) is 11.3 Å². The van der Waals surface area contributed by atoms with Crippen molar-refractivity contribution in [2.45, 2.75) is 13.5 Å². The molecule has 0 saturated carbocycles. The number of methoxy groups -OCH3 is 1. The van der Waals surface area contributed by atoms with Gasteiger partial charge in [-0.3, -0.25) is 4.98 Å². The molecule has 5 heteroatoms. The van der Waals surface area contributed by atoms with Gasteiger partial charge in [-0.25, -0.2) is 4.39 Å². The standard InChI is InChI=1S/C14H13ClFNO2/c1-8-5-11(9(7-18)6-17-8)10-3-4-12(15)14(19-2)13(10)16/h3-6,18H,7H2,1-2H3. The number of aromatic nitrogens is 1. The Morgan fingerprint density at radius 2 is 2.11 bits per heavy atom. The number of pyridine rings is 1. The van der Waals surface area contributed by atoms with Crippen molar-refractivity contribution in [2.75, 3.05) is 7.11 Å². The number of benzene rings is 1. The summed E-state index contributed by atoms with van der Waals surface area (Å²) in [7, 11) is 1.36. The second-order valence-corrected chi connectivity index (χ2v) is 4.49. The Bertz CT molecular complexity index is 617. The first-order valence-corrected chi connectivity index (χ1v) is 6.05. The average molecular weight is 282 g/mol. The predicted molar refractivity (Wildman–Crippen MR) is 71.9 cm³/mol. The van der Waals surface area contributed by atoms with Crippen molar-refractivity contribution in [3.63, 3.8) is 0 Å². The van der Waals surface area contributed by atoms with Crippen molar-refractivity contribution in [3.05, 3.63) is 46.5 Å². The van der Waals surface area contributed by atoms with Gasteiger partial charge in [-0.1, -0.05) is 11.6 Å². The highest BCUT2D eigenvalue weighted by Crippen LogP contribution is 2.36. The number of aryl methyl sites for hydroxylation is 1. The molecule has 2 aromatic rings. The van der Waals surface area contributed by atoms with Gasteiger partial charge in [-0.2, -0.15) is 0 Å². The van der Waals surface area contributed by atoms with Gasteiger partial charge in [0.05, 0.1) is 18.7 Å². The Morgan fingerprint density at radius 1 is 1.37 bits per heavy atom. The minimum absolute atomic E-state index is 0.00229. The van der Waals surface area contributed by atoms with Crippen LogP contribution in [0.15, 0.2) is 24.4 Å². The van der Waals surface area contributed by atoms with Crippen LogP contribution in [-0.2, 0) is 6.61 Å². The molecule has 0 bridgehead atoms. The number of rotatable bonds is 3. The quantitative estimate of drug-likeness (QED) is 0.938. The van der Waals surface area contributed by atoms with Gasteiger partial charge in [0, 0.05) is 23.0 Å². The van der Waals surface area contributed by atoms with Crippen LogP contribution in [0.3, 0.4) is 0 Å². The first-order valence-electron chi connectivity index (χ1n) is 5.67. The molecule has 1 heterocycles. The van der Waals surface area contributed by atoms with Crippen LogP contribution < -0.4 is 4.74 Å². The molecule has 2 rings (SSSR count). The third-order valence-corrected chi connectivity index (χ3v) is 3.13. The van der Waals surface area contributed by atoms with Crippen LogP contribution in [0.25, 0.3) is 11.1 Å². The van der Waals surface area contributed by atoms with Gasteiger partial charge >= 0.3 is 0 Å². The smallest absolute Gasteiger partial charge is 0.174 e. The van der Waals surface area contributed by atoms with Crippen LogP contribution in [0.2, 0.25) is 5.02 Å². The molecule has 0 amide bonds. The molecule has 0 spiro atoms. The van der Waals surface area contributed by atoms with E-state index in [1.54, 1.807) is 25.1 Å². The zero-order valence-corrected chi connectivity index (χ0v) is 11.3. The summed E-state index contributed by atoms with van der Waals surface area (Å²) in [5.74, 6) is -0.548. The topological polar surface area (TPSA) is 42.4 Å². The van der Waals surface area contributed by atoms with Gasteiger partial charge in [0.1, 0.15) is 0 Å². The van der Waals surface area contributed by atoms with Crippen LogP contribution in [0.4, 0.5) is 4.39 Å². The molecule has 1 aromatic heterocycles. The lowest BCUT2D eigenvalue weighted by molar-refractivity contribution is 0.282. The molecule has 1 N–H and O–H groups in total. The minimum atomic E-state index is -0.546. The fraction of sp³-hybridized carbons (Fsp3) is 0.214. The molecule has 0 aliphatic rings. The van der Waals surface area contributed by atoms with E-state index >= 15 is 0 Å². The highest BCUT2D eigenvalue weighted by Gasteiger charge is 2.16. The van der Waals surface area contributed by atoms with Crippen molar-refractivity contribution in [1.29, 1.82) is 0 Å². The van der Waals surface area contributed by atoms with E-state index in [0.717, 1.165) is 5.69 Å². The Balaban J connectivity index is 2.68. The van der Waals surface area contributed by atoms with Crippen LogP contribution in [-0.4, -0.2) is 17.2 Å². The van der Waals surface area contributed by atoms with Gasteiger partial charge in [0.25, 0.3) is 0 Å². The SMILES string of the molecule is COc1c(Cl)ccc(-c2cc(C)ncc2CO)c1F. The van der Waals surface area contributed by atoms with E-state index < -0.39 is 5.82 Å². The molecule has 0 aliphatic heterocycles. The van der Waals surface area contributed by atoms with Gasteiger partial charge in [-0.15, -0.1) is 0 Å². The summed E-state index contributed by atoms with van der Waals surface area (Å²) in [5.41, 5.74) is 2.20. The summed E-state index contributed by atoms with van der Waals surface area (Å²) in [5, 5.41) is 9.53. The van der Waals surface area contributed by atoms with E-state index in [1.807, 2.05) is 0 Å². The molecule has 19 heavy (non-hydrogen) atoms. The second-order valence-electron chi connectivity index (χ2n) is 4.08. The van der Waals surface area contributed by atoms with Crippen molar-refractivity contribution in [1.82, 2.24) is 4.98 Å². The highest BCUT2D eigenvalue weighted by molar-refractivity contribution is 6.32. The second kappa shape index (κ2) is 5.55. The number of aliphatic hydroxyl groups excluding tert-OH is 1. The molecular weight excluding hydrogens is 269 g/mol. The Labute approximate surface area is 115 Å². The first kappa shape index (κ1) is 13.8. The monoisotopic (exact) mass is 281 g/mol. The number of halogens is 2. The highest BCUT2D eigenvalue weighted by atomic mass is 35.5. The lowest BCUT2D eigenvalue weighted by atomic mass is 10.00. The summed E-state index contributed by atoms with van der Waals surface area (Å²) in [4.78, 5) is 4.09. The first-order chi connectivity index (χ1) is 9.08. The minimum Gasteiger partial charge on any atom is -0.492 e. The van der Waals surface area contributed by atoms with E-state index in [1.165, 1.54) is 13.3 Å². The number of hydrogen-bond acceptors (Lipinski definition) is 3. The number of ether oxygens (including phenoxy) is 1. The maximum atomic E-state index is 14.4.